The van der Waals surface area contributed by atoms with Crippen LogP contribution in [-0.2, 0) is 56.1 Å². The Morgan fingerprint density at radius 3 is 1.10 bits per heavy atom. The summed E-state index contributed by atoms with van der Waals surface area (Å²) in [5.41, 5.74) is 0. The second-order valence-electron chi connectivity index (χ2n) is 0.671. The van der Waals surface area contributed by atoms with Crippen molar-refractivity contribution in [3.63, 3.8) is 0 Å². The molecule has 0 saturated carbocycles. The van der Waals surface area contributed by atoms with Gasteiger partial charge in [0.1, 0.15) is 0 Å². The zero-order chi connectivity index (χ0) is 8.08. The van der Waals surface area contributed by atoms with Crippen molar-refractivity contribution in [1.82, 2.24) is 0 Å². The fourth-order valence-corrected chi connectivity index (χ4v) is 0. The van der Waals surface area contributed by atoms with E-state index < -0.39 is 26.6 Å². The molecule has 0 rings (SSSR count). The van der Waals surface area contributed by atoms with Crippen LogP contribution in [0.3, 0.4) is 0 Å². The molecule has 0 atom stereocenters. The largest absolute Gasteiger partial charge is 4.00 e. The van der Waals surface area contributed by atoms with Crippen LogP contribution >= 0.6 is 7.82 Å². The molecule has 0 bridgehead atoms. The zero-order valence-electron chi connectivity index (χ0n) is 4.25. The number of phosphoric acid groups is 1. The van der Waals surface area contributed by atoms with E-state index in [0.717, 1.165) is 0 Å². The first-order chi connectivity index (χ1) is 3.73. The van der Waals surface area contributed by atoms with Gasteiger partial charge >= 0.3 is 55.1 Å². The Hall–Kier alpha value is 1.29. The minimum atomic E-state index is -5.39. The van der Waals surface area contributed by atoms with Crippen molar-refractivity contribution in [2.24, 2.45) is 0 Å². The Kier molecular flexibility index (Phi) is 14.6. The first-order valence-corrected chi connectivity index (χ1v) is 6.67. The summed E-state index contributed by atoms with van der Waals surface area (Å²) in [6, 6.07) is 0. The summed E-state index contributed by atoms with van der Waals surface area (Å²) in [7, 11) is -5.39. The smallest absolute Gasteiger partial charge is 4.00 e. The Morgan fingerprint density at radius 2 is 1.10 bits per heavy atom. The van der Waals surface area contributed by atoms with E-state index in [-0.39, 0.29) is 26.2 Å². The normalized spacial score (nSPS) is 8.40. The first kappa shape index (κ1) is 17.4. The van der Waals surface area contributed by atoms with E-state index in [1.54, 1.807) is 0 Å². The van der Waals surface area contributed by atoms with Gasteiger partial charge in [-0.3, -0.25) is 0 Å². The van der Waals surface area contributed by atoms with Crippen LogP contribution in [-0.4, -0.2) is 0 Å². The summed E-state index contributed by atoms with van der Waals surface area (Å²) in [6.07, 6.45) is 0. The SMILES string of the molecule is O=P([O-])([O-])[O-].[O]=[Ta](=[O])[O-].[Zr+4]. The predicted octanol–water partition coefficient (Wildman–Crippen LogP) is -4.26. The molecule has 0 aromatic rings. The molecule has 0 amide bonds. The van der Waals surface area contributed by atoms with Gasteiger partial charge in [-0.1, -0.05) is 0 Å². The van der Waals surface area contributed by atoms with Crippen LogP contribution in [0.25, 0.3) is 0 Å². The van der Waals surface area contributed by atoms with E-state index in [0.29, 0.717) is 0 Å². The summed E-state index contributed by atoms with van der Waals surface area (Å²) >= 11 is -4.34. The van der Waals surface area contributed by atoms with Crippen molar-refractivity contribution in [2.45, 2.75) is 0 Å². The molecule has 0 aromatic heterocycles. The fourth-order valence-electron chi connectivity index (χ4n) is 0. The Labute approximate surface area is 81.7 Å². The molecule has 10 heavy (non-hydrogen) atoms. The van der Waals surface area contributed by atoms with Crippen LogP contribution in [0.2, 0.25) is 0 Å². The molecule has 0 aromatic carbocycles. The Bertz CT molecular complexity index is 148. The summed E-state index contributed by atoms with van der Waals surface area (Å²) in [6.45, 7) is 0. The van der Waals surface area contributed by atoms with E-state index >= 15 is 0 Å². The maximum Gasteiger partial charge on any atom is 4.00 e. The number of hydrogen-bond acceptors (Lipinski definition) is 7. The van der Waals surface area contributed by atoms with Crippen LogP contribution < -0.4 is 18.3 Å². The van der Waals surface area contributed by atoms with Gasteiger partial charge in [-0.15, -0.1) is 0 Å². The monoisotopic (exact) mass is 414 g/mol. The molecule has 10 heteroatoms. The maximum absolute atomic E-state index is 8.62. The van der Waals surface area contributed by atoms with E-state index in [1.807, 2.05) is 0 Å². The molecule has 0 fully saturated rings. The van der Waals surface area contributed by atoms with Crippen molar-refractivity contribution >= 4 is 7.82 Å². The third kappa shape index (κ3) is 382. The molecule has 0 aliphatic heterocycles. The van der Waals surface area contributed by atoms with Crippen molar-refractivity contribution in [1.29, 1.82) is 0 Å². The van der Waals surface area contributed by atoms with Crippen LogP contribution in [0.5, 0.6) is 0 Å². The summed E-state index contributed by atoms with van der Waals surface area (Å²) in [5, 5.41) is 0. The zero-order valence-corrected chi connectivity index (χ0v) is 10.8. The molecule has 7 nitrogen and oxygen atoms in total. The van der Waals surface area contributed by atoms with E-state index in [1.165, 1.54) is 0 Å². The third-order valence-electron chi connectivity index (χ3n) is 0. The summed E-state index contributed by atoms with van der Waals surface area (Å²) < 4.78 is 34.4. The average molecular weight is 415 g/mol. The van der Waals surface area contributed by atoms with Gasteiger partial charge in [-0.2, -0.15) is 7.82 Å². The summed E-state index contributed by atoms with van der Waals surface area (Å²) in [5.74, 6) is 0. The van der Waals surface area contributed by atoms with Crippen molar-refractivity contribution in [2.75, 3.05) is 0 Å². The van der Waals surface area contributed by atoms with Gasteiger partial charge in [0, 0.05) is 0 Å². The number of hydrogen-bond donors (Lipinski definition) is 0. The molecule has 0 unspecified atom stereocenters. The van der Waals surface area contributed by atoms with Gasteiger partial charge < -0.3 is 19.2 Å². The van der Waals surface area contributed by atoms with Crippen molar-refractivity contribution in [3.05, 3.63) is 0 Å². The van der Waals surface area contributed by atoms with Crippen molar-refractivity contribution in [3.8, 4) is 0 Å². The van der Waals surface area contributed by atoms with Gasteiger partial charge in [-0.25, -0.2) is 0 Å². The van der Waals surface area contributed by atoms with Gasteiger partial charge in [0.15, 0.2) is 0 Å². The standard InChI is InChI=1S/H3O4P.3O.Ta.Zr/c1-5(2,3)4;;;;;/h(H3,1,2,3,4);;;;;/q;;;-1;;+4/p-3. The van der Waals surface area contributed by atoms with E-state index in [4.69, 9.17) is 29.4 Å². The van der Waals surface area contributed by atoms with Crippen LogP contribution in [0.1, 0.15) is 0 Å². The quantitative estimate of drug-likeness (QED) is 0.365. The van der Waals surface area contributed by atoms with Crippen LogP contribution in [0, 0.1) is 0 Å². The molecular formula is O7PTaZr. The van der Waals surface area contributed by atoms with Crippen molar-refractivity contribution < 1.29 is 74.3 Å². The minimum Gasteiger partial charge on any atom is 4.00 e. The Morgan fingerprint density at radius 1 is 1.10 bits per heavy atom. The second kappa shape index (κ2) is 8.39. The Balaban J connectivity index is -0.0000000910. The van der Waals surface area contributed by atoms with Gasteiger partial charge in [0.2, 0.25) is 0 Å². The van der Waals surface area contributed by atoms with Gasteiger partial charge in [0.25, 0.3) is 0 Å². The van der Waals surface area contributed by atoms with E-state index in [9.17, 15) is 0 Å². The molecule has 0 saturated heterocycles. The van der Waals surface area contributed by atoms with Crippen LogP contribution in [0.15, 0.2) is 0 Å². The summed E-state index contributed by atoms with van der Waals surface area (Å²) in [4.78, 5) is 25.6. The first-order valence-electron chi connectivity index (χ1n) is 1.28. The molecular weight excluding hydrogens is 415 g/mol. The molecule has 0 radical (unpaired) electrons. The van der Waals surface area contributed by atoms with E-state index in [2.05, 4.69) is 0 Å². The average Bonchev–Trinajstić information content (AvgIpc) is 1.19. The fraction of sp³-hybridized carbons (Fsp3) is 0. The topological polar surface area (TPSA) is 143 Å². The molecule has 0 heterocycles. The number of rotatable bonds is 0. The van der Waals surface area contributed by atoms with Gasteiger partial charge in [-0.05, 0) is 0 Å². The van der Waals surface area contributed by atoms with Gasteiger partial charge in [0.05, 0.1) is 0 Å². The predicted molar refractivity (Wildman–Crippen MR) is 8.98 cm³/mol. The second-order valence-corrected chi connectivity index (χ2v) is 3.17. The molecule has 0 N–H and O–H groups in total. The molecule has 0 spiro atoms. The third-order valence-corrected chi connectivity index (χ3v) is 0. The molecule has 0 aliphatic carbocycles. The maximum atomic E-state index is 8.62. The van der Waals surface area contributed by atoms with Crippen LogP contribution in [0.4, 0.5) is 0 Å². The minimum absolute atomic E-state index is 0. The molecule has 56 valence electrons. The molecule has 0 aliphatic rings.